The summed E-state index contributed by atoms with van der Waals surface area (Å²) in [6.45, 7) is 1.34. The summed E-state index contributed by atoms with van der Waals surface area (Å²) in [5.41, 5.74) is 10.2. The van der Waals surface area contributed by atoms with Gasteiger partial charge in [0.25, 0.3) is 0 Å². The van der Waals surface area contributed by atoms with Gasteiger partial charge in [-0.1, -0.05) is 158 Å². The van der Waals surface area contributed by atoms with Crippen LogP contribution in [0.2, 0.25) is 0 Å². The van der Waals surface area contributed by atoms with Crippen LogP contribution in [0.3, 0.4) is 0 Å². The van der Waals surface area contributed by atoms with Gasteiger partial charge in [-0.25, -0.2) is 4.79 Å². The van der Waals surface area contributed by atoms with Gasteiger partial charge in [0.1, 0.15) is 34.7 Å². The number of anilines is 1. The predicted octanol–water partition coefficient (Wildman–Crippen LogP) is 9.21. The van der Waals surface area contributed by atoms with Gasteiger partial charge in [-0.2, -0.15) is 4.98 Å². The molecule has 8 rings (SSSR count). The van der Waals surface area contributed by atoms with Gasteiger partial charge in [-0.05, 0) is 69.2 Å². The lowest BCUT2D eigenvalue weighted by molar-refractivity contribution is -0.157. The third-order valence-corrected chi connectivity index (χ3v) is 11.7. The predicted molar refractivity (Wildman–Crippen MR) is 237 cm³/mol. The van der Waals surface area contributed by atoms with Crippen molar-refractivity contribution >= 4 is 5.82 Å². The lowest BCUT2D eigenvalue weighted by Crippen LogP contribution is -2.47. The normalized spacial score (nSPS) is 18.7. The number of benzene rings is 6. The number of hydrogen-bond donors (Lipinski definition) is 2. The summed E-state index contributed by atoms with van der Waals surface area (Å²) in [6, 6.07) is 56.2. The van der Waals surface area contributed by atoms with Gasteiger partial charge in [0, 0.05) is 17.0 Å². The first kappa shape index (κ1) is 41.5. The van der Waals surface area contributed by atoms with Crippen molar-refractivity contribution in [1.29, 1.82) is 0 Å². The van der Waals surface area contributed by atoms with Crippen molar-refractivity contribution in [3.8, 4) is 11.5 Å². The van der Waals surface area contributed by atoms with Crippen LogP contribution < -0.4 is 20.5 Å². The molecule has 62 heavy (non-hydrogen) atoms. The van der Waals surface area contributed by atoms with Gasteiger partial charge >= 0.3 is 5.69 Å². The molecular formula is C50H46N6O6. The first-order valence-electron chi connectivity index (χ1n) is 20.2. The first-order chi connectivity index (χ1) is 30.3. The van der Waals surface area contributed by atoms with Crippen molar-refractivity contribution in [2.75, 3.05) is 26.1 Å². The Morgan fingerprint density at radius 2 is 1.15 bits per heavy atom. The highest BCUT2D eigenvalue weighted by atomic mass is 16.6. The molecule has 12 heteroatoms. The fourth-order valence-corrected chi connectivity index (χ4v) is 8.50. The Morgan fingerprint density at radius 1 is 0.710 bits per heavy atom. The maximum Gasteiger partial charge on any atom is 0.351 e. The fraction of sp³-hybridized carbons (Fsp3) is 0.200. The first-order valence-corrected chi connectivity index (χ1v) is 20.2. The Morgan fingerprint density at radius 3 is 1.60 bits per heavy atom. The van der Waals surface area contributed by atoms with Gasteiger partial charge in [0.05, 0.1) is 26.9 Å². The van der Waals surface area contributed by atoms with Crippen LogP contribution in [-0.2, 0) is 20.6 Å². The third-order valence-electron chi connectivity index (χ3n) is 11.7. The Labute approximate surface area is 359 Å². The molecule has 0 bridgehead atoms. The van der Waals surface area contributed by atoms with E-state index in [4.69, 9.17) is 18.9 Å². The number of nitrogens with zero attached hydrogens (tertiary/aromatic N) is 5. The van der Waals surface area contributed by atoms with Gasteiger partial charge in [0.2, 0.25) is 0 Å². The minimum Gasteiger partial charge on any atom is -0.497 e. The molecule has 2 heterocycles. The van der Waals surface area contributed by atoms with Crippen LogP contribution in [0, 0.1) is 5.92 Å². The van der Waals surface area contributed by atoms with Crippen molar-refractivity contribution in [2.45, 2.75) is 36.1 Å². The molecule has 1 saturated heterocycles. The zero-order valence-corrected chi connectivity index (χ0v) is 34.5. The zero-order chi connectivity index (χ0) is 43.2. The molecule has 1 aliphatic heterocycles. The topological polar surface area (TPSA) is 153 Å². The van der Waals surface area contributed by atoms with E-state index in [-0.39, 0.29) is 0 Å². The standard InChI is InChI=1S/C50H46N6O6/c1-35-45(57)48(54-55-51,34-61-50(39-20-12-6-13-21-39,40-22-14-7-15-23-40)41-26-30-43(60-3)31-27-41)62-46(35)56-33-32-44(52-47(56)58)53-49(36-16-8-4-9-17-36,37-18-10-5-11-19-37)38-24-28-42(59-2)29-25-38/h4-33,35,45-46,57H,34H2,1-3H3,(H,52,53,58)/t35-,45-,46+,48+/m0/s1. The molecule has 6 aromatic carbocycles. The van der Waals surface area contributed by atoms with Crippen LogP contribution in [0.5, 0.6) is 11.5 Å². The molecule has 0 aliphatic carbocycles. The summed E-state index contributed by atoms with van der Waals surface area (Å²) < 4.78 is 25.9. The number of ether oxygens (including phenoxy) is 4. The Bertz CT molecular complexity index is 2600. The summed E-state index contributed by atoms with van der Waals surface area (Å²) in [7, 11) is 3.22. The highest BCUT2D eigenvalue weighted by molar-refractivity contribution is 5.58. The number of aliphatic hydroxyl groups excluding tert-OH is 1. The second kappa shape index (κ2) is 17.8. The van der Waals surface area contributed by atoms with Crippen LogP contribution in [0.4, 0.5) is 5.82 Å². The molecule has 0 amide bonds. The van der Waals surface area contributed by atoms with Crippen molar-refractivity contribution in [3.63, 3.8) is 0 Å². The average molecular weight is 827 g/mol. The summed E-state index contributed by atoms with van der Waals surface area (Å²) in [5, 5.41) is 19.7. The van der Waals surface area contributed by atoms with Crippen LogP contribution in [0.1, 0.15) is 46.5 Å². The quantitative estimate of drug-likeness (QED) is 0.0449. The molecule has 2 N–H and O–H groups in total. The van der Waals surface area contributed by atoms with Gasteiger partial charge < -0.3 is 29.4 Å². The number of aliphatic hydroxyl groups is 1. The summed E-state index contributed by atoms with van der Waals surface area (Å²) in [4.78, 5) is 21.9. The highest BCUT2D eigenvalue weighted by Crippen LogP contribution is 2.47. The van der Waals surface area contributed by atoms with Crippen molar-refractivity contribution in [2.24, 2.45) is 11.0 Å². The molecule has 0 unspecified atom stereocenters. The molecule has 312 valence electrons. The summed E-state index contributed by atoms with van der Waals surface area (Å²) >= 11 is 0. The van der Waals surface area contributed by atoms with Crippen molar-refractivity contribution in [1.82, 2.24) is 9.55 Å². The minimum absolute atomic E-state index is 0.292. The second-order valence-corrected chi connectivity index (χ2v) is 15.1. The van der Waals surface area contributed by atoms with E-state index in [9.17, 15) is 15.4 Å². The third kappa shape index (κ3) is 7.57. The van der Waals surface area contributed by atoms with E-state index in [1.807, 2.05) is 170 Å². The van der Waals surface area contributed by atoms with E-state index < -0.39 is 47.4 Å². The van der Waals surface area contributed by atoms with E-state index in [0.717, 1.165) is 33.4 Å². The smallest absolute Gasteiger partial charge is 0.351 e. The van der Waals surface area contributed by atoms with Gasteiger partial charge in [-0.3, -0.25) is 4.57 Å². The summed E-state index contributed by atoms with van der Waals surface area (Å²) in [6.07, 6.45) is -0.915. The highest BCUT2D eigenvalue weighted by Gasteiger charge is 2.55. The number of nitrogens with one attached hydrogen (secondary N) is 1. The molecule has 0 radical (unpaired) electrons. The molecule has 1 aromatic heterocycles. The monoisotopic (exact) mass is 826 g/mol. The Balaban J connectivity index is 1.17. The van der Waals surface area contributed by atoms with Crippen molar-refractivity contribution < 1.29 is 24.1 Å². The largest absolute Gasteiger partial charge is 0.497 e. The van der Waals surface area contributed by atoms with Crippen molar-refractivity contribution in [3.05, 3.63) is 236 Å². The van der Waals surface area contributed by atoms with E-state index in [1.165, 1.54) is 4.57 Å². The van der Waals surface area contributed by atoms with Crippen LogP contribution in [-0.4, -0.2) is 47.3 Å². The maximum absolute atomic E-state index is 14.2. The molecule has 0 saturated carbocycles. The molecule has 1 fully saturated rings. The lowest BCUT2D eigenvalue weighted by atomic mass is 9.77. The molecule has 1 aliphatic rings. The van der Waals surface area contributed by atoms with Gasteiger partial charge in [-0.15, -0.1) is 0 Å². The number of azide groups is 1. The average Bonchev–Trinajstić information content (AvgIpc) is 3.57. The Hall–Kier alpha value is -7.21. The second-order valence-electron chi connectivity index (χ2n) is 15.1. The lowest BCUT2D eigenvalue weighted by Gasteiger charge is -2.39. The van der Waals surface area contributed by atoms with Crippen LogP contribution in [0.15, 0.2) is 192 Å². The number of hydrogen-bond acceptors (Lipinski definition) is 9. The Kier molecular flexibility index (Phi) is 11.9. The molecule has 0 spiro atoms. The number of rotatable bonds is 15. The van der Waals surface area contributed by atoms with Crippen LogP contribution >= 0.6 is 0 Å². The fourth-order valence-electron chi connectivity index (χ4n) is 8.50. The zero-order valence-electron chi connectivity index (χ0n) is 34.5. The summed E-state index contributed by atoms with van der Waals surface area (Å²) in [5.74, 6) is 0.900. The molecule has 12 nitrogen and oxygen atoms in total. The molecule has 4 atom stereocenters. The number of aromatic nitrogens is 2. The molecular weight excluding hydrogens is 781 g/mol. The molecule has 7 aromatic rings. The van der Waals surface area contributed by atoms with E-state index in [2.05, 4.69) is 20.3 Å². The SMILES string of the molecule is COc1ccc(C(Nc2ccn([C@@H]3O[C@@](COC(c4ccccc4)(c4ccccc4)c4ccc(OC)cc4)(N=[N+]=[N-])[C@@H](O)[C@@H]3C)c(=O)n2)(c2ccccc2)c2ccccc2)cc1. The van der Waals surface area contributed by atoms with E-state index in [0.29, 0.717) is 17.3 Å². The van der Waals surface area contributed by atoms with E-state index >= 15 is 0 Å². The number of methoxy groups -OCH3 is 2. The minimum atomic E-state index is -1.96. The van der Waals surface area contributed by atoms with Crippen LogP contribution in [0.25, 0.3) is 10.4 Å². The van der Waals surface area contributed by atoms with E-state index in [1.54, 1.807) is 33.4 Å². The maximum atomic E-state index is 14.2. The van der Waals surface area contributed by atoms with Gasteiger partial charge in [0.15, 0.2) is 5.72 Å².